The second-order valence-corrected chi connectivity index (χ2v) is 7.37. The van der Waals surface area contributed by atoms with Gasteiger partial charge < -0.3 is 11.1 Å². The Balaban J connectivity index is 1.67. The molecule has 142 valence electrons. The van der Waals surface area contributed by atoms with Crippen molar-refractivity contribution in [2.24, 2.45) is 5.73 Å². The highest BCUT2D eigenvalue weighted by molar-refractivity contribution is 6.30. The molecule has 2 heterocycles. The highest BCUT2D eigenvalue weighted by Gasteiger charge is 2.31. The van der Waals surface area contributed by atoms with Gasteiger partial charge in [0.1, 0.15) is 0 Å². The van der Waals surface area contributed by atoms with E-state index < -0.39 is 11.8 Å². The fraction of sp³-hybridized carbons (Fsp3) is 0.190. The number of hydrogen-bond acceptors (Lipinski definition) is 4. The van der Waals surface area contributed by atoms with Crippen LogP contribution in [-0.4, -0.2) is 34.8 Å². The Kier molecular flexibility index (Phi) is 4.98. The molecule has 0 bridgehead atoms. The van der Waals surface area contributed by atoms with Crippen LogP contribution in [0.3, 0.4) is 0 Å². The van der Waals surface area contributed by atoms with E-state index in [9.17, 15) is 9.59 Å². The number of pyridine rings is 1. The van der Waals surface area contributed by atoms with Crippen molar-refractivity contribution in [3.63, 3.8) is 0 Å². The summed E-state index contributed by atoms with van der Waals surface area (Å²) in [5, 5.41) is 5.44. The van der Waals surface area contributed by atoms with E-state index in [0.29, 0.717) is 23.8 Å². The molecule has 0 saturated carbocycles. The number of fused-ring (bicyclic) bond motifs is 2. The van der Waals surface area contributed by atoms with Gasteiger partial charge in [0.2, 0.25) is 11.8 Å². The van der Waals surface area contributed by atoms with Crippen molar-refractivity contribution < 1.29 is 9.59 Å². The molecule has 1 aliphatic rings. The first kappa shape index (κ1) is 18.4. The van der Waals surface area contributed by atoms with Crippen molar-refractivity contribution >= 4 is 39.9 Å². The van der Waals surface area contributed by atoms with E-state index in [2.05, 4.69) is 10.3 Å². The summed E-state index contributed by atoms with van der Waals surface area (Å²) in [6.45, 7) is 1.04. The maximum atomic E-state index is 13.2. The van der Waals surface area contributed by atoms with Crippen molar-refractivity contribution in [3.05, 3.63) is 71.0 Å². The second-order valence-electron chi connectivity index (χ2n) is 6.93. The molecular formula is C21H19ClN4O2. The van der Waals surface area contributed by atoms with Gasteiger partial charge in [0.05, 0.1) is 24.3 Å². The molecule has 1 aromatic heterocycles. The van der Waals surface area contributed by atoms with Crippen molar-refractivity contribution in [1.29, 1.82) is 0 Å². The van der Waals surface area contributed by atoms with Crippen LogP contribution in [-0.2, 0) is 16.1 Å². The summed E-state index contributed by atoms with van der Waals surface area (Å²) in [5.74, 6) is -1.06. The van der Waals surface area contributed by atoms with Crippen molar-refractivity contribution in [2.75, 3.05) is 18.4 Å². The van der Waals surface area contributed by atoms with Crippen LogP contribution in [0.4, 0.5) is 5.69 Å². The van der Waals surface area contributed by atoms with Crippen LogP contribution >= 0.6 is 11.6 Å². The number of hydrogen-bond donors (Lipinski definition) is 2. The Morgan fingerprint density at radius 1 is 1.21 bits per heavy atom. The highest BCUT2D eigenvalue weighted by atomic mass is 35.5. The normalized spacial score (nSPS) is 16.5. The van der Waals surface area contributed by atoms with Crippen molar-refractivity contribution in [3.8, 4) is 0 Å². The van der Waals surface area contributed by atoms with Gasteiger partial charge in [-0.05, 0) is 23.3 Å². The third-order valence-electron chi connectivity index (χ3n) is 4.94. The second kappa shape index (κ2) is 7.58. The Morgan fingerprint density at radius 3 is 2.86 bits per heavy atom. The van der Waals surface area contributed by atoms with Gasteiger partial charge in [0, 0.05) is 35.1 Å². The number of nitrogens with two attached hydrogens (primary N) is 1. The summed E-state index contributed by atoms with van der Waals surface area (Å²) in [6, 6.07) is 13.2. The first-order valence-electron chi connectivity index (χ1n) is 8.94. The number of rotatable bonds is 4. The lowest BCUT2D eigenvalue weighted by Crippen LogP contribution is -2.42. The van der Waals surface area contributed by atoms with Crippen LogP contribution in [0.1, 0.15) is 17.0 Å². The van der Waals surface area contributed by atoms with E-state index in [4.69, 9.17) is 17.3 Å². The smallest absolute Gasteiger partial charge is 0.233 e. The van der Waals surface area contributed by atoms with Crippen molar-refractivity contribution in [1.82, 2.24) is 9.88 Å². The Bertz CT molecular complexity index is 1060. The number of aromatic nitrogens is 1. The molecule has 0 spiro atoms. The van der Waals surface area contributed by atoms with Crippen LogP contribution in [0.2, 0.25) is 5.02 Å². The molecule has 1 aliphatic heterocycles. The minimum absolute atomic E-state index is 0.0989. The maximum absolute atomic E-state index is 13.2. The summed E-state index contributed by atoms with van der Waals surface area (Å²) in [5.41, 5.74) is 7.86. The van der Waals surface area contributed by atoms with Gasteiger partial charge in [-0.1, -0.05) is 41.9 Å². The largest absolute Gasteiger partial charge is 0.369 e. The lowest BCUT2D eigenvalue weighted by molar-refractivity contribution is -0.122. The summed E-state index contributed by atoms with van der Waals surface area (Å²) < 4.78 is 0. The molecule has 2 amide bonds. The van der Waals surface area contributed by atoms with Crippen LogP contribution in [0.15, 0.2) is 54.9 Å². The van der Waals surface area contributed by atoms with Crippen LogP contribution < -0.4 is 11.1 Å². The van der Waals surface area contributed by atoms with Gasteiger partial charge in [-0.25, -0.2) is 0 Å². The lowest BCUT2D eigenvalue weighted by atomic mass is 9.89. The SMILES string of the molecule is NC(=O)CN1Cc2ccc(Cl)cc2C(C(=O)Nc2cncc3ccccc23)C1. The first-order chi connectivity index (χ1) is 13.5. The number of nitrogens with zero attached hydrogens (tertiary/aromatic N) is 2. The summed E-state index contributed by atoms with van der Waals surface area (Å²) in [7, 11) is 0. The molecule has 4 rings (SSSR count). The molecule has 0 saturated heterocycles. The summed E-state index contributed by atoms with van der Waals surface area (Å²) >= 11 is 6.18. The van der Waals surface area contributed by atoms with Crippen LogP contribution in [0, 0.1) is 0 Å². The fourth-order valence-electron chi connectivity index (χ4n) is 3.70. The lowest BCUT2D eigenvalue weighted by Gasteiger charge is -2.33. The summed E-state index contributed by atoms with van der Waals surface area (Å²) in [4.78, 5) is 30.7. The van der Waals surface area contributed by atoms with Gasteiger partial charge in [-0.3, -0.25) is 19.5 Å². The number of carbonyl (C=O) groups is 2. The van der Waals surface area contributed by atoms with Gasteiger partial charge in [-0.15, -0.1) is 0 Å². The topological polar surface area (TPSA) is 88.3 Å². The molecular weight excluding hydrogens is 376 g/mol. The van der Waals surface area contributed by atoms with Crippen molar-refractivity contribution in [2.45, 2.75) is 12.5 Å². The number of amides is 2. The zero-order valence-electron chi connectivity index (χ0n) is 15.1. The molecule has 3 aromatic rings. The third kappa shape index (κ3) is 3.69. The molecule has 28 heavy (non-hydrogen) atoms. The standard InChI is InChI=1S/C21H19ClN4O2/c22-15-6-5-14-10-26(12-20(23)27)11-18(17(14)7-15)21(28)25-19-9-24-8-13-3-1-2-4-16(13)19/h1-9,18H,10-12H2,(H2,23,27)(H,25,28). The van der Waals surface area contributed by atoms with E-state index in [1.165, 1.54) is 0 Å². The first-order valence-corrected chi connectivity index (χ1v) is 9.31. The molecule has 0 fully saturated rings. The fourth-order valence-corrected chi connectivity index (χ4v) is 3.88. The average molecular weight is 395 g/mol. The van der Waals surface area contributed by atoms with Crippen LogP contribution in [0.25, 0.3) is 10.8 Å². The van der Waals surface area contributed by atoms with Gasteiger partial charge >= 0.3 is 0 Å². The number of benzene rings is 2. The summed E-state index contributed by atoms with van der Waals surface area (Å²) in [6.07, 6.45) is 3.40. The molecule has 6 nitrogen and oxygen atoms in total. The number of anilines is 1. The molecule has 0 aliphatic carbocycles. The van der Waals surface area contributed by atoms with E-state index >= 15 is 0 Å². The minimum Gasteiger partial charge on any atom is -0.369 e. The van der Waals surface area contributed by atoms with E-state index in [1.54, 1.807) is 18.5 Å². The molecule has 7 heteroatoms. The molecule has 1 unspecified atom stereocenters. The zero-order chi connectivity index (χ0) is 19.7. The average Bonchev–Trinajstić information content (AvgIpc) is 2.67. The van der Waals surface area contributed by atoms with E-state index in [-0.39, 0.29) is 12.5 Å². The van der Waals surface area contributed by atoms with Gasteiger partial charge in [0.15, 0.2) is 0 Å². The highest BCUT2D eigenvalue weighted by Crippen LogP contribution is 2.32. The Hall–Kier alpha value is -2.96. The Labute approximate surface area is 167 Å². The number of primary amides is 1. The minimum atomic E-state index is -0.472. The zero-order valence-corrected chi connectivity index (χ0v) is 15.8. The van der Waals surface area contributed by atoms with Gasteiger partial charge in [0.25, 0.3) is 0 Å². The third-order valence-corrected chi connectivity index (χ3v) is 5.18. The van der Waals surface area contributed by atoms with E-state index in [0.717, 1.165) is 21.9 Å². The predicted octanol–water partition coefficient (Wildman–Crippen LogP) is 2.91. The van der Waals surface area contributed by atoms with Crippen LogP contribution in [0.5, 0.6) is 0 Å². The number of carbonyl (C=O) groups excluding carboxylic acids is 2. The quantitative estimate of drug-likeness (QED) is 0.712. The monoisotopic (exact) mass is 394 g/mol. The molecule has 1 atom stereocenters. The molecule has 0 radical (unpaired) electrons. The molecule has 2 aromatic carbocycles. The number of halogens is 1. The predicted molar refractivity (Wildman–Crippen MR) is 109 cm³/mol. The molecule has 3 N–H and O–H groups in total. The Morgan fingerprint density at radius 2 is 2.04 bits per heavy atom. The number of nitrogens with one attached hydrogen (secondary N) is 1. The van der Waals surface area contributed by atoms with E-state index in [1.807, 2.05) is 41.3 Å². The van der Waals surface area contributed by atoms with Gasteiger partial charge in [-0.2, -0.15) is 0 Å². The maximum Gasteiger partial charge on any atom is 0.233 e.